The van der Waals surface area contributed by atoms with Gasteiger partial charge in [0.05, 0.1) is 10.6 Å². The van der Waals surface area contributed by atoms with Crippen LogP contribution in [0.15, 0.2) is 57.9 Å². The summed E-state index contributed by atoms with van der Waals surface area (Å²) in [5.74, 6) is -0.499. The van der Waals surface area contributed by atoms with Crippen LogP contribution in [0.25, 0.3) is 10.8 Å². The van der Waals surface area contributed by atoms with Gasteiger partial charge in [-0.1, -0.05) is 24.3 Å². The summed E-state index contributed by atoms with van der Waals surface area (Å²) >= 11 is 1.32. The van der Waals surface area contributed by atoms with E-state index in [0.29, 0.717) is 15.9 Å². The molecule has 3 aromatic rings. The Morgan fingerprint density at radius 2 is 1.96 bits per heavy atom. The van der Waals surface area contributed by atoms with Crippen molar-refractivity contribution in [3.8, 4) is 0 Å². The maximum atomic E-state index is 12.8. The molecule has 0 saturated heterocycles. The highest BCUT2D eigenvalue weighted by Crippen LogP contribution is 2.41. The van der Waals surface area contributed by atoms with Gasteiger partial charge < -0.3 is 4.57 Å². The predicted molar refractivity (Wildman–Crippen MR) is 92.3 cm³/mol. The van der Waals surface area contributed by atoms with E-state index in [1.807, 2.05) is 17.5 Å². The van der Waals surface area contributed by atoms with Crippen molar-refractivity contribution in [2.24, 2.45) is 12.0 Å². The van der Waals surface area contributed by atoms with E-state index in [-0.39, 0.29) is 11.4 Å². The third-order valence-electron chi connectivity index (χ3n) is 3.94. The Morgan fingerprint density at radius 3 is 2.67 bits per heavy atom. The number of nitrogens with zero attached hydrogens (tertiary/aromatic N) is 3. The lowest BCUT2D eigenvalue weighted by Gasteiger charge is -2.16. The second kappa shape index (κ2) is 5.29. The lowest BCUT2D eigenvalue weighted by molar-refractivity contribution is -0.116. The second-order valence-corrected chi connectivity index (χ2v) is 8.15. The predicted octanol–water partition coefficient (Wildman–Crippen LogP) is 1.88. The Labute approximate surface area is 142 Å². The molecular weight excluding hydrogens is 346 g/mol. The first-order valence-electron chi connectivity index (χ1n) is 7.20. The minimum atomic E-state index is -3.73. The van der Waals surface area contributed by atoms with E-state index in [1.165, 1.54) is 11.3 Å². The van der Waals surface area contributed by atoms with Crippen molar-refractivity contribution in [3.05, 3.63) is 52.8 Å². The smallest absolute Gasteiger partial charge is 0.269 e. The average Bonchev–Trinajstić information content (AvgIpc) is 3.04. The van der Waals surface area contributed by atoms with E-state index in [2.05, 4.69) is 4.99 Å². The molecule has 2 aromatic carbocycles. The zero-order valence-electron chi connectivity index (χ0n) is 12.7. The van der Waals surface area contributed by atoms with Gasteiger partial charge in [-0.3, -0.25) is 9.10 Å². The molecular formula is C16H13N3O3S2. The fraction of sp³-hybridized carbons (Fsp3) is 0.125. The number of thiazole rings is 1. The molecule has 0 saturated carbocycles. The molecule has 0 unspecified atom stereocenters. The number of sulfonamides is 1. The normalized spacial score (nSPS) is 16.0. The molecule has 0 radical (unpaired) electrons. The number of carbonyl (C=O) groups is 1. The van der Waals surface area contributed by atoms with Gasteiger partial charge in [-0.05, 0) is 17.5 Å². The fourth-order valence-corrected chi connectivity index (χ4v) is 5.23. The standard InChI is InChI=1S/C16H13N3O3S2/c1-18-8-9-23-16(18)17-14(20)10-19-12-6-2-4-11-5-3-7-13(15(11)12)24(19,21)22/h2-9H,10H2,1H3. The van der Waals surface area contributed by atoms with E-state index in [9.17, 15) is 13.2 Å². The lowest BCUT2D eigenvalue weighted by atomic mass is 10.1. The molecule has 0 spiro atoms. The van der Waals surface area contributed by atoms with Gasteiger partial charge in [0.1, 0.15) is 6.54 Å². The zero-order chi connectivity index (χ0) is 16.9. The van der Waals surface area contributed by atoms with E-state index in [0.717, 1.165) is 9.69 Å². The van der Waals surface area contributed by atoms with Gasteiger partial charge in [0.25, 0.3) is 15.9 Å². The SMILES string of the molecule is Cn1ccsc1=NC(=O)CN1c2cccc3cccc(c23)S1(=O)=O. The van der Waals surface area contributed by atoms with Gasteiger partial charge in [0.2, 0.25) is 0 Å². The quantitative estimate of drug-likeness (QED) is 0.701. The average molecular weight is 359 g/mol. The molecule has 8 heteroatoms. The molecule has 4 rings (SSSR count). The third-order valence-corrected chi connectivity index (χ3v) is 6.59. The molecule has 1 aliphatic rings. The van der Waals surface area contributed by atoms with Crippen LogP contribution in [0.2, 0.25) is 0 Å². The minimum Gasteiger partial charge on any atom is -0.327 e. The van der Waals surface area contributed by atoms with Gasteiger partial charge in [-0.25, -0.2) is 8.42 Å². The van der Waals surface area contributed by atoms with Crippen LogP contribution in [-0.2, 0) is 21.9 Å². The number of aromatic nitrogens is 1. The highest BCUT2D eigenvalue weighted by atomic mass is 32.2. The van der Waals surface area contributed by atoms with Crippen LogP contribution in [0.1, 0.15) is 0 Å². The Hall–Kier alpha value is -2.45. The molecule has 24 heavy (non-hydrogen) atoms. The van der Waals surface area contributed by atoms with Crippen molar-refractivity contribution >= 4 is 43.7 Å². The van der Waals surface area contributed by atoms with E-state index in [4.69, 9.17) is 0 Å². The van der Waals surface area contributed by atoms with E-state index < -0.39 is 15.9 Å². The molecule has 6 nitrogen and oxygen atoms in total. The zero-order valence-corrected chi connectivity index (χ0v) is 14.3. The Bertz CT molecular complexity index is 1140. The number of anilines is 1. The molecule has 2 heterocycles. The minimum absolute atomic E-state index is 0.241. The van der Waals surface area contributed by atoms with Crippen LogP contribution in [0.5, 0.6) is 0 Å². The van der Waals surface area contributed by atoms with Crippen molar-refractivity contribution in [2.75, 3.05) is 10.8 Å². The summed E-state index contributed by atoms with van der Waals surface area (Å²) in [6, 6.07) is 10.5. The van der Waals surface area contributed by atoms with Crippen molar-refractivity contribution in [3.63, 3.8) is 0 Å². The van der Waals surface area contributed by atoms with Crippen LogP contribution in [0, 0.1) is 0 Å². The second-order valence-electron chi connectivity index (χ2n) is 5.45. The molecule has 0 N–H and O–H groups in total. The summed E-state index contributed by atoms with van der Waals surface area (Å²) in [6.07, 6.45) is 1.79. The molecule has 1 aliphatic heterocycles. The van der Waals surface area contributed by atoms with Gasteiger partial charge in [-0.2, -0.15) is 4.99 Å². The van der Waals surface area contributed by atoms with Crippen LogP contribution in [-0.4, -0.2) is 25.4 Å². The Kier molecular flexibility index (Phi) is 3.33. The molecule has 0 aliphatic carbocycles. The molecule has 1 amide bonds. The number of rotatable bonds is 2. The number of benzene rings is 2. The summed E-state index contributed by atoms with van der Waals surface area (Å²) in [4.78, 5) is 17.1. The summed E-state index contributed by atoms with van der Waals surface area (Å²) in [6.45, 7) is -0.311. The first-order chi connectivity index (χ1) is 11.5. The van der Waals surface area contributed by atoms with Gasteiger partial charge in [0, 0.05) is 24.0 Å². The first kappa shape index (κ1) is 15.1. The molecule has 122 valence electrons. The highest BCUT2D eigenvalue weighted by Gasteiger charge is 2.36. The van der Waals surface area contributed by atoms with Crippen LogP contribution in [0.3, 0.4) is 0 Å². The third kappa shape index (κ3) is 2.18. The largest absolute Gasteiger partial charge is 0.327 e. The maximum absolute atomic E-state index is 12.8. The molecule has 0 fully saturated rings. The lowest BCUT2D eigenvalue weighted by Crippen LogP contribution is -2.33. The highest BCUT2D eigenvalue weighted by molar-refractivity contribution is 7.93. The number of hydrogen-bond donors (Lipinski definition) is 0. The summed E-state index contributed by atoms with van der Waals surface area (Å²) in [5.41, 5.74) is 0.530. The van der Waals surface area contributed by atoms with Crippen molar-refractivity contribution in [2.45, 2.75) is 4.90 Å². The topological polar surface area (TPSA) is 71.7 Å². The molecule has 0 bridgehead atoms. The van der Waals surface area contributed by atoms with Gasteiger partial charge in [0.15, 0.2) is 4.80 Å². The van der Waals surface area contributed by atoms with Gasteiger partial charge in [-0.15, -0.1) is 11.3 Å². The van der Waals surface area contributed by atoms with Crippen molar-refractivity contribution in [1.29, 1.82) is 0 Å². The van der Waals surface area contributed by atoms with Crippen molar-refractivity contribution < 1.29 is 13.2 Å². The summed E-state index contributed by atoms with van der Waals surface area (Å²) in [5, 5.41) is 3.31. The molecule has 1 aromatic heterocycles. The maximum Gasteiger partial charge on any atom is 0.269 e. The van der Waals surface area contributed by atoms with Gasteiger partial charge >= 0.3 is 0 Å². The van der Waals surface area contributed by atoms with Crippen LogP contribution in [0.4, 0.5) is 5.69 Å². The Balaban J connectivity index is 1.79. The monoisotopic (exact) mass is 359 g/mol. The summed E-state index contributed by atoms with van der Waals surface area (Å²) < 4.78 is 28.5. The molecule has 0 atom stereocenters. The number of aryl methyl sites for hydroxylation is 1. The van der Waals surface area contributed by atoms with E-state index in [1.54, 1.807) is 42.1 Å². The fourth-order valence-electron chi connectivity index (χ4n) is 2.83. The number of hydrogen-bond acceptors (Lipinski definition) is 4. The Morgan fingerprint density at radius 1 is 1.21 bits per heavy atom. The van der Waals surface area contributed by atoms with Crippen molar-refractivity contribution in [1.82, 2.24) is 4.57 Å². The first-order valence-corrected chi connectivity index (χ1v) is 9.52. The number of carbonyl (C=O) groups excluding carboxylic acids is 1. The summed E-state index contributed by atoms with van der Waals surface area (Å²) in [7, 11) is -1.95. The van der Waals surface area contributed by atoms with Crippen LogP contribution >= 0.6 is 11.3 Å². The van der Waals surface area contributed by atoms with Crippen LogP contribution < -0.4 is 9.11 Å². The van der Waals surface area contributed by atoms with E-state index >= 15 is 0 Å². The number of amides is 1.